The summed E-state index contributed by atoms with van der Waals surface area (Å²) in [5.74, 6) is -0.242. The minimum absolute atomic E-state index is 0.242. The highest BCUT2D eigenvalue weighted by atomic mass is 35.5. The molecular weight excluding hydrogens is 357 g/mol. The van der Waals surface area contributed by atoms with Crippen molar-refractivity contribution in [2.75, 3.05) is 0 Å². The van der Waals surface area contributed by atoms with Crippen molar-refractivity contribution >= 4 is 23.2 Å². The minimum atomic E-state index is -0.828. The summed E-state index contributed by atoms with van der Waals surface area (Å²) in [7, 11) is 0. The van der Waals surface area contributed by atoms with Crippen LogP contribution in [0.25, 0.3) is 5.69 Å². The van der Waals surface area contributed by atoms with Crippen molar-refractivity contribution in [3.05, 3.63) is 88.7 Å². The van der Waals surface area contributed by atoms with Gasteiger partial charge < -0.3 is 5.11 Å². The topological polar surface area (TPSA) is 50.9 Å². The molecule has 0 saturated carbocycles. The zero-order chi connectivity index (χ0) is 17.8. The van der Waals surface area contributed by atoms with E-state index in [1.807, 2.05) is 36.4 Å². The number of hydrogen-bond acceptors (Lipinski definition) is 3. The van der Waals surface area contributed by atoms with E-state index in [0.717, 1.165) is 11.3 Å². The first-order valence-corrected chi connectivity index (χ1v) is 8.57. The summed E-state index contributed by atoms with van der Waals surface area (Å²) in [6.07, 6.45) is 3.09. The quantitative estimate of drug-likeness (QED) is 0.620. The number of aromatic nitrogens is 3. The number of allylic oxidation sites excluding steroid dienone is 1. The van der Waals surface area contributed by atoms with Crippen molar-refractivity contribution in [1.82, 2.24) is 15.0 Å². The van der Waals surface area contributed by atoms with Crippen LogP contribution < -0.4 is 0 Å². The van der Waals surface area contributed by atoms with Crippen LogP contribution in [-0.2, 0) is 0 Å². The van der Waals surface area contributed by atoms with Gasteiger partial charge in [0.2, 0.25) is 0 Å². The highest BCUT2D eigenvalue weighted by Gasteiger charge is 2.26. The van der Waals surface area contributed by atoms with Gasteiger partial charge in [-0.1, -0.05) is 58.8 Å². The Labute approximate surface area is 156 Å². The molecule has 128 valence electrons. The SMILES string of the molecule is C=CC[C@@H](c1ccc(Cl)c(Cl)c1)[C@@H](O)c1cnnn1-c1ccccc1. The molecule has 0 unspecified atom stereocenters. The van der Waals surface area contributed by atoms with Gasteiger partial charge in [0.25, 0.3) is 0 Å². The average molecular weight is 374 g/mol. The van der Waals surface area contributed by atoms with Crippen LogP contribution in [0.2, 0.25) is 10.0 Å². The lowest BCUT2D eigenvalue weighted by Crippen LogP contribution is -2.15. The largest absolute Gasteiger partial charge is 0.386 e. The molecule has 0 amide bonds. The van der Waals surface area contributed by atoms with E-state index in [2.05, 4.69) is 16.9 Å². The Bertz CT molecular complexity index is 864. The van der Waals surface area contributed by atoms with Crippen LogP contribution in [0.5, 0.6) is 0 Å². The van der Waals surface area contributed by atoms with Crippen LogP contribution in [-0.4, -0.2) is 20.1 Å². The van der Waals surface area contributed by atoms with Crippen LogP contribution in [0, 0.1) is 0 Å². The fraction of sp³-hybridized carbons (Fsp3) is 0.158. The predicted octanol–water partition coefficient (Wildman–Crippen LogP) is 4.97. The Hall–Kier alpha value is -2.14. The Kier molecular flexibility index (Phi) is 5.53. The third-order valence-electron chi connectivity index (χ3n) is 4.05. The van der Waals surface area contributed by atoms with E-state index in [1.54, 1.807) is 29.1 Å². The first kappa shape index (κ1) is 17.7. The normalized spacial score (nSPS) is 13.4. The maximum absolute atomic E-state index is 11.0. The van der Waals surface area contributed by atoms with Crippen molar-refractivity contribution in [1.29, 1.82) is 0 Å². The molecule has 1 aromatic heterocycles. The van der Waals surface area contributed by atoms with Gasteiger partial charge in [0.15, 0.2) is 0 Å². The molecule has 0 spiro atoms. The van der Waals surface area contributed by atoms with Gasteiger partial charge in [-0.2, -0.15) is 0 Å². The van der Waals surface area contributed by atoms with Gasteiger partial charge in [0.1, 0.15) is 6.10 Å². The van der Waals surface area contributed by atoms with Crippen molar-refractivity contribution in [2.45, 2.75) is 18.4 Å². The Balaban J connectivity index is 1.99. The van der Waals surface area contributed by atoms with E-state index in [-0.39, 0.29) is 5.92 Å². The highest BCUT2D eigenvalue weighted by molar-refractivity contribution is 6.42. The fourth-order valence-electron chi connectivity index (χ4n) is 2.79. The highest BCUT2D eigenvalue weighted by Crippen LogP contribution is 2.36. The van der Waals surface area contributed by atoms with Crippen molar-refractivity contribution < 1.29 is 5.11 Å². The molecule has 3 aromatic rings. The molecule has 1 heterocycles. The minimum Gasteiger partial charge on any atom is -0.386 e. The van der Waals surface area contributed by atoms with Crippen LogP contribution in [0.4, 0.5) is 0 Å². The lowest BCUT2D eigenvalue weighted by molar-refractivity contribution is 0.138. The Morgan fingerprint density at radius 3 is 2.56 bits per heavy atom. The number of rotatable bonds is 6. The van der Waals surface area contributed by atoms with Crippen LogP contribution >= 0.6 is 23.2 Å². The summed E-state index contributed by atoms with van der Waals surface area (Å²) >= 11 is 12.2. The number of halogens is 2. The molecule has 0 bridgehead atoms. The Morgan fingerprint density at radius 2 is 1.88 bits per heavy atom. The zero-order valence-corrected chi connectivity index (χ0v) is 14.9. The van der Waals surface area contributed by atoms with E-state index in [1.165, 1.54) is 0 Å². The maximum Gasteiger partial charge on any atom is 0.105 e. The molecule has 2 atom stereocenters. The van der Waals surface area contributed by atoms with E-state index < -0.39 is 6.10 Å². The van der Waals surface area contributed by atoms with Gasteiger partial charge in [-0.25, -0.2) is 4.68 Å². The summed E-state index contributed by atoms with van der Waals surface area (Å²) in [4.78, 5) is 0. The first-order valence-electron chi connectivity index (χ1n) is 7.81. The molecule has 2 aromatic carbocycles. The van der Waals surface area contributed by atoms with Gasteiger partial charge in [0.05, 0.1) is 27.6 Å². The van der Waals surface area contributed by atoms with Crippen molar-refractivity contribution in [3.8, 4) is 5.69 Å². The third-order valence-corrected chi connectivity index (χ3v) is 4.79. The van der Waals surface area contributed by atoms with Crippen molar-refractivity contribution in [2.24, 2.45) is 0 Å². The van der Waals surface area contributed by atoms with Gasteiger partial charge >= 0.3 is 0 Å². The summed E-state index contributed by atoms with van der Waals surface area (Å²) in [5.41, 5.74) is 2.31. The average Bonchev–Trinajstić information content (AvgIpc) is 3.12. The number of aliphatic hydroxyl groups excluding tert-OH is 1. The van der Waals surface area contributed by atoms with Gasteiger partial charge in [-0.05, 0) is 36.2 Å². The molecule has 25 heavy (non-hydrogen) atoms. The summed E-state index contributed by atoms with van der Waals surface area (Å²) in [6.45, 7) is 3.80. The van der Waals surface area contributed by atoms with E-state index in [9.17, 15) is 5.11 Å². The molecule has 0 aliphatic heterocycles. The molecule has 4 nitrogen and oxygen atoms in total. The van der Waals surface area contributed by atoms with Gasteiger partial charge in [-0.15, -0.1) is 11.7 Å². The van der Waals surface area contributed by atoms with E-state index in [4.69, 9.17) is 23.2 Å². The number of nitrogens with zero attached hydrogens (tertiary/aromatic N) is 3. The van der Waals surface area contributed by atoms with Crippen LogP contribution in [0.15, 0.2) is 67.4 Å². The van der Waals surface area contributed by atoms with Gasteiger partial charge in [0, 0.05) is 5.92 Å². The third kappa shape index (κ3) is 3.76. The number of para-hydroxylation sites is 1. The molecule has 3 rings (SSSR count). The standard InChI is InChI=1S/C19H17Cl2N3O/c1-2-6-15(13-9-10-16(20)17(21)11-13)19(25)18-12-22-23-24(18)14-7-4-3-5-8-14/h2-5,7-12,15,19,25H,1,6H2/t15-,19+/m0/s1. The van der Waals surface area contributed by atoms with Crippen molar-refractivity contribution in [3.63, 3.8) is 0 Å². The molecule has 1 N–H and O–H groups in total. The van der Waals surface area contributed by atoms with Gasteiger partial charge in [-0.3, -0.25) is 0 Å². The second kappa shape index (κ2) is 7.83. The lowest BCUT2D eigenvalue weighted by Gasteiger charge is -2.23. The maximum atomic E-state index is 11.0. The number of aliphatic hydroxyl groups is 1. The first-order chi connectivity index (χ1) is 12.1. The van der Waals surface area contributed by atoms with E-state index in [0.29, 0.717) is 22.2 Å². The molecule has 0 radical (unpaired) electrons. The molecule has 0 saturated heterocycles. The fourth-order valence-corrected chi connectivity index (χ4v) is 3.10. The van der Waals surface area contributed by atoms with E-state index >= 15 is 0 Å². The smallest absolute Gasteiger partial charge is 0.105 e. The predicted molar refractivity (Wildman–Crippen MR) is 100 cm³/mol. The molecule has 0 aliphatic rings. The zero-order valence-electron chi connectivity index (χ0n) is 13.4. The summed E-state index contributed by atoms with van der Waals surface area (Å²) in [6, 6.07) is 14.9. The molecule has 0 fully saturated rings. The second-order valence-corrected chi connectivity index (χ2v) is 6.47. The summed E-state index contributed by atoms with van der Waals surface area (Å²) < 4.78 is 1.64. The molecule has 6 heteroatoms. The molecule has 0 aliphatic carbocycles. The lowest BCUT2D eigenvalue weighted by atomic mass is 9.89. The van der Waals surface area contributed by atoms with Crippen LogP contribution in [0.1, 0.15) is 29.7 Å². The second-order valence-electron chi connectivity index (χ2n) is 5.66. The Morgan fingerprint density at radius 1 is 1.12 bits per heavy atom. The monoisotopic (exact) mass is 373 g/mol. The van der Waals surface area contributed by atoms with Crippen LogP contribution in [0.3, 0.4) is 0 Å². The number of hydrogen-bond donors (Lipinski definition) is 1. The summed E-state index contributed by atoms with van der Waals surface area (Å²) in [5, 5.41) is 20.0. The molecular formula is C19H17Cl2N3O. The number of benzene rings is 2.